The molecule has 1 aromatic carbocycles. The molecular formula is C17H22N2O3. The van der Waals surface area contributed by atoms with Gasteiger partial charge in [-0.05, 0) is 49.8 Å². The summed E-state index contributed by atoms with van der Waals surface area (Å²) in [5.41, 5.74) is 0.344. The second-order valence-corrected chi connectivity index (χ2v) is 6.18. The second kappa shape index (κ2) is 5.99. The molecule has 1 aromatic rings. The molecule has 5 nitrogen and oxygen atoms in total. The molecular weight excluding hydrogens is 280 g/mol. The van der Waals surface area contributed by atoms with E-state index in [4.69, 9.17) is 4.74 Å². The Morgan fingerprint density at radius 2 is 1.86 bits per heavy atom. The number of carbonyl (C=O) groups is 2. The van der Waals surface area contributed by atoms with E-state index in [2.05, 4.69) is 10.6 Å². The van der Waals surface area contributed by atoms with E-state index in [1.807, 2.05) is 24.3 Å². The first-order valence-corrected chi connectivity index (χ1v) is 7.86. The predicted molar refractivity (Wildman–Crippen MR) is 82.5 cm³/mol. The molecule has 0 bridgehead atoms. The SMILES string of the molecule is COc1ccc(CCNC(=O)C2(C(=O)NC3CC3)CC2)cc1. The van der Waals surface area contributed by atoms with Gasteiger partial charge in [-0.15, -0.1) is 0 Å². The summed E-state index contributed by atoms with van der Waals surface area (Å²) in [6.45, 7) is 0.545. The van der Waals surface area contributed by atoms with Crippen molar-refractivity contribution in [3.05, 3.63) is 29.8 Å². The molecule has 0 unspecified atom stereocenters. The summed E-state index contributed by atoms with van der Waals surface area (Å²) < 4.78 is 5.11. The minimum absolute atomic E-state index is 0.0862. The highest BCUT2D eigenvalue weighted by molar-refractivity contribution is 6.08. The van der Waals surface area contributed by atoms with E-state index in [0.29, 0.717) is 25.4 Å². The molecule has 0 atom stereocenters. The standard InChI is InChI=1S/C17H22N2O3/c1-22-14-6-2-12(3-7-14)8-11-18-15(20)17(9-10-17)16(21)19-13-4-5-13/h2-3,6-7,13H,4-5,8-11H2,1H3,(H,18,20)(H,19,21). The van der Waals surface area contributed by atoms with Gasteiger partial charge in [-0.25, -0.2) is 0 Å². The molecule has 2 saturated carbocycles. The normalized spacial score (nSPS) is 18.4. The molecule has 2 fully saturated rings. The number of ether oxygens (including phenoxy) is 1. The minimum Gasteiger partial charge on any atom is -0.497 e. The largest absolute Gasteiger partial charge is 0.497 e. The third kappa shape index (κ3) is 3.24. The highest BCUT2D eigenvalue weighted by atomic mass is 16.5. The van der Waals surface area contributed by atoms with Gasteiger partial charge in [0, 0.05) is 12.6 Å². The Morgan fingerprint density at radius 1 is 1.18 bits per heavy atom. The Bertz CT molecular complexity index is 560. The van der Waals surface area contributed by atoms with Crippen LogP contribution in [-0.2, 0) is 16.0 Å². The lowest BCUT2D eigenvalue weighted by molar-refractivity contribution is -0.137. The molecule has 118 valence electrons. The number of methoxy groups -OCH3 is 1. The van der Waals surface area contributed by atoms with Crippen molar-refractivity contribution >= 4 is 11.8 Å². The first-order valence-electron chi connectivity index (χ1n) is 7.86. The summed E-state index contributed by atoms with van der Waals surface area (Å²) in [5.74, 6) is 0.609. The third-order valence-corrected chi connectivity index (χ3v) is 4.39. The number of amides is 2. The van der Waals surface area contributed by atoms with E-state index in [1.54, 1.807) is 7.11 Å². The van der Waals surface area contributed by atoms with Crippen molar-refractivity contribution in [1.29, 1.82) is 0 Å². The fourth-order valence-corrected chi connectivity index (χ4v) is 2.52. The van der Waals surface area contributed by atoms with E-state index in [0.717, 1.165) is 30.6 Å². The van der Waals surface area contributed by atoms with E-state index in [1.165, 1.54) is 0 Å². The molecule has 22 heavy (non-hydrogen) atoms. The maximum absolute atomic E-state index is 12.3. The van der Waals surface area contributed by atoms with E-state index < -0.39 is 5.41 Å². The summed E-state index contributed by atoms with van der Waals surface area (Å²) in [6.07, 6.45) is 4.16. The maximum Gasteiger partial charge on any atom is 0.235 e. The highest BCUT2D eigenvalue weighted by Crippen LogP contribution is 2.46. The molecule has 0 heterocycles. The molecule has 0 saturated heterocycles. The molecule has 2 aliphatic carbocycles. The summed E-state index contributed by atoms with van der Waals surface area (Å²) in [5, 5.41) is 5.85. The zero-order valence-corrected chi connectivity index (χ0v) is 12.9. The molecule has 2 N–H and O–H groups in total. The van der Waals surface area contributed by atoms with Crippen molar-refractivity contribution in [1.82, 2.24) is 10.6 Å². The zero-order chi connectivity index (χ0) is 15.6. The zero-order valence-electron chi connectivity index (χ0n) is 12.9. The van der Waals surface area contributed by atoms with E-state index >= 15 is 0 Å². The molecule has 3 rings (SSSR count). The summed E-state index contributed by atoms with van der Waals surface area (Å²) in [6, 6.07) is 8.08. The molecule has 2 amide bonds. The van der Waals surface area contributed by atoms with Gasteiger partial charge < -0.3 is 15.4 Å². The molecule has 0 aromatic heterocycles. The molecule has 0 spiro atoms. The van der Waals surface area contributed by atoms with Crippen molar-refractivity contribution in [2.75, 3.05) is 13.7 Å². The second-order valence-electron chi connectivity index (χ2n) is 6.18. The van der Waals surface area contributed by atoms with Crippen molar-refractivity contribution in [2.45, 2.75) is 38.1 Å². The van der Waals surface area contributed by atoms with Crippen LogP contribution in [0.4, 0.5) is 0 Å². The van der Waals surface area contributed by atoms with Gasteiger partial charge in [0.1, 0.15) is 11.2 Å². The quantitative estimate of drug-likeness (QED) is 0.748. The lowest BCUT2D eigenvalue weighted by Gasteiger charge is -2.15. The summed E-state index contributed by atoms with van der Waals surface area (Å²) in [4.78, 5) is 24.4. The minimum atomic E-state index is -0.789. The van der Waals surface area contributed by atoms with Gasteiger partial charge in [0.15, 0.2) is 0 Å². The number of rotatable bonds is 7. The van der Waals surface area contributed by atoms with Crippen molar-refractivity contribution < 1.29 is 14.3 Å². The van der Waals surface area contributed by atoms with Crippen LogP contribution in [-0.4, -0.2) is 31.5 Å². The number of benzene rings is 1. The Hall–Kier alpha value is -2.04. The number of carbonyl (C=O) groups excluding carboxylic acids is 2. The van der Waals surface area contributed by atoms with Crippen LogP contribution in [0.15, 0.2) is 24.3 Å². The van der Waals surface area contributed by atoms with Gasteiger partial charge in [0.05, 0.1) is 7.11 Å². The molecule has 0 radical (unpaired) electrons. The smallest absolute Gasteiger partial charge is 0.235 e. The van der Waals surface area contributed by atoms with Crippen molar-refractivity contribution in [3.8, 4) is 5.75 Å². The summed E-state index contributed by atoms with van der Waals surface area (Å²) >= 11 is 0. The lowest BCUT2D eigenvalue weighted by atomic mass is 10.0. The first kappa shape index (κ1) is 14.9. The van der Waals surface area contributed by atoms with Crippen LogP contribution in [0.1, 0.15) is 31.2 Å². The van der Waals surface area contributed by atoms with E-state index in [9.17, 15) is 9.59 Å². The number of nitrogens with one attached hydrogen (secondary N) is 2. The number of hydrogen-bond acceptors (Lipinski definition) is 3. The van der Waals surface area contributed by atoms with Gasteiger partial charge in [-0.1, -0.05) is 12.1 Å². The topological polar surface area (TPSA) is 67.4 Å². The first-order chi connectivity index (χ1) is 10.6. The third-order valence-electron chi connectivity index (χ3n) is 4.39. The van der Waals surface area contributed by atoms with Gasteiger partial charge in [-0.3, -0.25) is 9.59 Å². The Labute approximate surface area is 130 Å². The van der Waals surface area contributed by atoms with Gasteiger partial charge in [0.25, 0.3) is 0 Å². The van der Waals surface area contributed by atoms with Crippen molar-refractivity contribution in [3.63, 3.8) is 0 Å². The van der Waals surface area contributed by atoms with Gasteiger partial charge in [0.2, 0.25) is 11.8 Å². The van der Waals surface area contributed by atoms with Crippen LogP contribution in [0.3, 0.4) is 0 Å². The van der Waals surface area contributed by atoms with Crippen LogP contribution in [0.25, 0.3) is 0 Å². The average Bonchev–Trinajstić information content (AvgIpc) is 3.41. The fourth-order valence-electron chi connectivity index (χ4n) is 2.52. The Kier molecular flexibility index (Phi) is 4.05. The molecule has 5 heteroatoms. The van der Waals surface area contributed by atoms with Crippen LogP contribution < -0.4 is 15.4 Å². The fraction of sp³-hybridized carbons (Fsp3) is 0.529. The van der Waals surface area contributed by atoms with Gasteiger partial charge in [-0.2, -0.15) is 0 Å². The Balaban J connectivity index is 1.46. The number of hydrogen-bond donors (Lipinski definition) is 2. The van der Waals surface area contributed by atoms with Crippen LogP contribution in [0, 0.1) is 5.41 Å². The Morgan fingerprint density at radius 3 is 2.41 bits per heavy atom. The molecule has 2 aliphatic rings. The average molecular weight is 302 g/mol. The monoisotopic (exact) mass is 302 g/mol. The van der Waals surface area contributed by atoms with Crippen molar-refractivity contribution in [2.24, 2.45) is 5.41 Å². The maximum atomic E-state index is 12.3. The van der Waals surface area contributed by atoms with Crippen LogP contribution >= 0.6 is 0 Å². The van der Waals surface area contributed by atoms with E-state index in [-0.39, 0.29) is 11.8 Å². The van der Waals surface area contributed by atoms with Crippen LogP contribution in [0.2, 0.25) is 0 Å². The molecule has 0 aliphatic heterocycles. The van der Waals surface area contributed by atoms with Crippen LogP contribution in [0.5, 0.6) is 5.75 Å². The highest BCUT2D eigenvalue weighted by Gasteiger charge is 2.57. The predicted octanol–water partition coefficient (Wildman–Crippen LogP) is 1.41. The summed E-state index contributed by atoms with van der Waals surface area (Å²) in [7, 11) is 1.64. The van der Waals surface area contributed by atoms with Gasteiger partial charge >= 0.3 is 0 Å². The lowest BCUT2D eigenvalue weighted by Crippen LogP contribution is -2.44.